The van der Waals surface area contributed by atoms with Crippen LogP contribution in [-0.4, -0.2) is 46.8 Å². The first-order valence-electron chi connectivity index (χ1n) is 7.79. The molecule has 1 aliphatic heterocycles. The first-order valence-corrected chi connectivity index (χ1v) is 7.79. The van der Waals surface area contributed by atoms with Crippen molar-refractivity contribution in [3.05, 3.63) is 23.5 Å². The van der Waals surface area contributed by atoms with E-state index in [2.05, 4.69) is 9.98 Å². The molecule has 23 heavy (non-hydrogen) atoms. The molecule has 0 aromatic carbocycles. The summed E-state index contributed by atoms with van der Waals surface area (Å²) >= 11 is 0. The third kappa shape index (κ3) is 4.58. The van der Waals surface area contributed by atoms with Crippen LogP contribution in [0.3, 0.4) is 0 Å². The number of piperidine rings is 1. The molecule has 0 spiro atoms. The molecule has 126 valence electrons. The molecule has 0 aliphatic carbocycles. The molecule has 0 atom stereocenters. The summed E-state index contributed by atoms with van der Waals surface area (Å²) in [5.41, 5.74) is 7.11. The van der Waals surface area contributed by atoms with Crippen molar-refractivity contribution < 1.29 is 9.53 Å². The summed E-state index contributed by atoms with van der Waals surface area (Å²) < 4.78 is 5.41. The van der Waals surface area contributed by atoms with E-state index >= 15 is 0 Å². The number of hydrogen-bond donors (Lipinski definition) is 3. The van der Waals surface area contributed by atoms with E-state index < -0.39 is 5.60 Å². The number of aliphatic imine (C=N–C) groups is 1. The molecule has 2 heterocycles. The summed E-state index contributed by atoms with van der Waals surface area (Å²) in [7, 11) is 0. The molecule has 2 rings (SSSR count). The van der Waals surface area contributed by atoms with Crippen LogP contribution in [0.1, 0.15) is 50.9 Å². The predicted molar refractivity (Wildman–Crippen MR) is 90.1 cm³/mol. The van der Waals surface area contributed by atoms with Gasteiger partial charge in [-0.05, 0) is 45.7 Å². The Kier molecular flexibility index (Phi) is 5.08. The smallest absolute Gasteiger partial charge is 0.410 e. The molecule has 1 fully saturated rings. The maximum atomic E-state index is 12.1. The number of aromatic nitrogens is 1. The van der Waals surface area contributed by atoms with Crippen LogP contribution in [0.15, 0.2) is 17.1 Å². The zero-order chi connectivity index (χ0) is 17.0. The Hall–Kier alpha value is -2.31. The van der Waals surface area contributed by atoms with Crippen molar-refractivity contribution in [2.24, 2.45) is 10.7 Å². The standard InChI is InChI=1S/C16H25N5O2/c1-16(2,3)23-15(22)21-8-6-11(7-9-21)12-4-5-13(20-12)14(18)19-10-17/h4-5,10-11,20H,6-9H2,1-3H3,(H3,17,18,19). The number of amides is 1. The summed E-state index contributed by atoms with van der Waals surface area (Å²) in [6.07, 6.45) is 2.43. The number of nitrogens with two attached hydrogens (primary N) is 1. The lowest BCUT2D eigenvalue weighted by atomic mass is 9.94. The number of hydrogen-bond acceptors (Lipinski definition) is 3. The van der Waals surface area contributed by atoms with Gasteiger partial charge in [-0.2, -0.15) is 0 Å². The Balaban J connectivity index is 1.93. The van der Waals surface area contributed by atoms with Crippen LogP contribution in [0.5, 0.6) is 0 Å². The van der Waals surface area contributed by atoms with Gasteiger partial charge in [0.05, 0.1) is 5.69 Å². The lowest BCUT2D eigenvalue weighted by molar-refractivity contribution is 0.0204. The molecule has 7 nitrogen and oxygen atoms in total. The van der Waals surface area contributed by atoms with Crippen molar-refractivity contribution in [2.45, 2.75) is 45.1 Å². The van der Waals surface area contributed by atoms with Crippen molar-refractivity contribution in [3.8, 4) is 0 Å². The molecule has 1 aromatic rings. The number of likely N-dealkylation sites (tertiary alicyclic amines) is 1. The fourth-order valence-corrected chi connectivity index (χ4v) is 2.64. The number of aromatic amines is 1. The number of rotatable bonds is 3. The largest absolute Gasteiger partial charge is 0.444 e. The van der Waals surface area contributed by atoms with Crippen molar-refractivity contribution in [2.75, 3.05) is 13.1 Å². The number of carbonyl (C=O) groups is 1. The number of carbonyl (C=O) groups excluding carboxylic acids is 1. The Bertz CT molecular complexity index is 592. The van der Waals surface area contributed by atoms with Gasteiger partial charge in [0.15, 0.2) is 0 Å². The van der Waals surface area contributed by atoms with Crippen LogP contribution in [0.2, 0.25) is 0 Å². The SMILES string of the molecule is CC(C)(C)OC(=O)N1CCC(c2ccc(C(N)=NC=N)[nH]2)CC1. The number of ether oxygens (including phenoxy) is 1. The lowest BCUT2D eigenvalue weighted by Gasteiger charge is -2.33. The monoisotopic (exact) mass is 319 g/mol. The second-order valence-electron chi connectivity index (χ2n) is 6.71. The van der Waals surface area contributed by atoms with Crippen LogP contribution in [-0.2, 0) is 4.74 Å². The third-order valence-electron chi connectivity index (χ3n) is 3.77. The van der Waals surface area contributed by atoms with Gasteiger partial charge >= 0.3 is 6.09 Å². The first-order chi connectivity index (χ1) is 10.8. The Morgan fingerprint density at radius 3 is 2.65 bits per heavy atom. The number of nitrogens with one attached hydrogen (secondary N) is 2. The van der Waals surface area contributed by atoms with Crippen molar-refractivity contribution in [1.82, 2.24) is 9.88 Å². The summed E-state index contributed by atoms with van der Waals surface area (Å²) in [5.74, 6) is 0.660. The second-order valence-corrected chi connectivity index (χ2v) is 6.71. The fraction of sp³-hybridized carbons (Fsp3) is 0.562. The molecule has 0 radical (unpaired) electrons. The van der Waals surface area contributed by atoms with Gasteiger partial charge in [-0.3, -0.25) is 5.41 Å². The van der Waals surface area contributed by atoms with Crippen LogP contribution in [0, 0.1) is 5.41 Å². The summed E-state index contributed by atoms with van der Waals surface area (Å²) in [6, 6.07) is 3.87. The molecule has 1 saturated heterocycles. The highest BCUT2D eigenvalue weighted by atomic mass is 16.6. The quantitative estimate of drug-likeness (QED) is 0.588. The van der Waals surface area contributed by atoms with E-state index in [1.165, 1.54) is 0 Å². The van der Waals surface area contributed by atoms with Crippen LogP contribution in [0.4, 0.5) is 4.79 Å². The van der Waals surface area contributed by atoms with Crippen molar-refractivity contribution >= 4 is 18.3 Å². The zero-order valence-electron chi connectivity index (χ0n) is 13.9. The predicted octanol–water partition coefficient (Wildman–Crippen LogP) is 2.44. The maximum absolute atomic E-state index is 12.1. The van der Waals surface area contributed by atoms with E-state index in [0.29, 0.717) is 24.8 Å². The first kappa shape index (κ1) is 17.1. The maximum Gasteiger partial charge on any atom is 0.410 e. The average Bonchev–Trinajstić information content (AvgIpc) is 2.96. The van der Waals surface area contributed by atoms with Crippen LogP contribution >= 0.6 is 0 Å². The summed E-state index contributed by atoms with van der Waals surface area (Å²) in [6.45, 7) is 6.98. The molecule has 7 heteroatoms. The van der Waals surface area contributed by atoms with Gasteiger partial charge in [-0.1, -0.05) is 0 Å². The molecule has 4 N–H and O–H groups in total. The Morgan fingerprint density at radius 2 is 2.09 bits per heavy atom. The molecule has 1 aromatic heterocycles. The van der Waals surface area contributed by atoms with Gasteiger partial charge in [0.2, 0.25) is 0 Å². The van der Waals surface area contributed by atoms with Crippen LogP contribution < -0.4 is 5.73 Å². The number of nitrogens with zero attached hydrogens (tertiary/aromatic N) is 2. The molecule has 1 aliphatic rings. The molecular formula is C16H25N5O2. The van der Waals surface area contributed by atoms with Crippen molar-refractivity contribution in [1.29, 1.82) is 5.41 Å². The molecule has 0 bridgehead atoms. The lowest BCUT2D eigenvalue weighted by Crippen LogP contribution is -2.41. The Labute approximate surface area is 136 Å². The second kappa shape index (κ2) is 6.85. The van der Waals surface area contributed by atoms with Gasteiger partial charge in [0.1, 0.15) is 17.8 Å². The highest BCUT2D eigenvalue weighted by molar-refractivity contribution is 5.99. The highest BCUT2D eigenvalue weighted by Crippen LogP contribution is 2.28. The molecular weight excluding hydrogens is 294 g/mol. The van der Waals surface area contributed by atoms with E-state index in [-0.39, 0.29) is 6.09 Å². The topological polar surface area (TPSA) is 108 Å². The van der Waals surface area contributed by atoms with Gasteiger partial charge in [-0.25, -0.2) is 9.79 Å². The minimum atomic E-state index is -0.464. The number of amidine groups is 1. The third-order valence-corrected chi connectivity index (χ3v) is 3.77. The number of H-pyrrole nitrogens is 1. The van der Waals surface area contributed by atoms with Gasteiger partial charge in [-0.15, -0.1) is 0 Å². The fourth-order valence-electron chi connectivity index (χ4n) is 2.64. The van der Waals surface area contributed by atoms with Gasteiger partial charge in [0, 0.05) is 24.7 Å². The Morgan fingerprint density at radius 1 is 1.43 bits per heavy atom. The molecule has 1 amide bonds. The van der Waals surface area contributed by atoms with E-state index in [1.54, 1.807) is 4.90 Å². The summed E-state index contributed by atoms with van der Waals surface area (Å²) in [5, 5.41) is 6.95. The molecule has 0 unspecified atom stereocenters. The minimum Gasteiger partial charge on any atom is -0.444 e. The average molecular weight is 319 g/mol. The van der Waals surface area contributed by atoms with E-state index in [0.717, 1.165) is 30.6 Å². The van der Waals surface area contributed by atoms with Crippen molar-refractivity contribution in [3.63, 3.8) is 0 Å². The highest BCUT2D eigenvalue weighted by Gasteiger charge is 2.28. The minimum absolute atomic E-state index is 0.245. The van der Waals surface area contributed by atoms with Gasteiger partial charge < -0.3 is 20.4 Å². The van der Waals surface area contributed by atoms with E-state index in [1.807, 2.05) is 32.9 Å². The normalized spacial score (nSPS) is 17.2. The van der Waals surface area contributed by atoms with Crippen LogP contribution in [0.25, 0.3) is 0 Å². The van der Waals surface area contributed by atoms with Gasteiger partial charge in [0.25, 0.3) is 0 Å². The molecule has 0 saturated carbocycles. The van der Waals surface area contributed by atoms with E-state index in [9.17, 15) is 4.79 Å². The zero-order valence-corrected chi connectivity index (χ0v) is 13.9. The summed E-state index contributed by atoms with van der Waals surface area (Å²) in [4.78, 5) is 20.8. The van der Waals surface area contributed by atoms with E-state index in [4.69, 9.17) is 15.9 Å².